The van der Waals surface area contributed by atoms with Gasteiger partial charge in [0.05, 0.1) is 6.54 Å². The van der Waals surface area contributed by atoms with E-state index in [0.717, 1.165) is 25.8 Å². The van der Waals surface area contributed by atoms with Crippen LogP contribution in [0.3, 0.4) is 0 Å². The molecular formula is C14H22N2O2. The first kappa shape index (κ1) is 13.1. The molecule has 0 aromatic rings. The Balaban J connectivity index is 1.99. The minimum Gasteiger partial charge on any atom is -0.343 e. The highest BCUT2D eigenvalue weighted by Crippen LogP contribution is 2.21. The van der Waals surface area contributed by atoms with Crippen molar-refractivity contribution in [3.63, 3.8) is 0 Å². The summed E-state index contributed by atoms with van der Waals surface area (Å²) < 4.78 is 0. The van der Waals surface area contributed by atoms with Gasteiger partial charge in [-0.25, -0.2) is 0 Å². The van der Waals surface area contributed by atoms with Crippen molar-refractivity contribution < 1.29 is 9.59 Å². The first-order valence-corrected chi connectivity index (χ1v) is 6.81. The summed E-state index contributed by atoms with van der Waals surface area (Å²) in [5, 5.41) is 2.79. The lowest BCUT2D eigenvalue weighted by Gasteiger charge is -2.36. The number of allylic oxidation sites excluding steroid dienone is 2. The van der Waals surface area contributed by atoms with Crippen LogP contribution in [-0.4, -0.2) is 35.8 Å². The monoisotopic (exact) mass is 250 g/mol. The van der Waals surface area contributed by atoms with E-state index < -0.39 is 0 Å². The van der Waals surface area contributed by atoms with Crippen molar-refractivity contribution in [2.45, 2.75) is 39.2 Å². The number of amides is 2. The zero-order valence-electron chi connectivity index (χ0n) is 11.2. The van der Waals surface area contributed by atoms with Crippen LogP contribution >= 0.6 is 0 Å². The van der Waals surface area contributed by atoms with Crippen LogP contribution in [0.5, 0.6) is 0 Å². The standard InChI is InChI=1S/C14H22N2O2/c1-10(2)13-14(18)16(9-12(17)15-13)8-11-6-4-3-5-7-11/h3-4,10-11,13H,5-9H2,1-2H3,(H,15,17). The second kappa shape index (κ2) is 5.55. The number of carbonyl (C=O) groups is 2. The Morgan fingerprint density at radius 3 is 2.78 bits per heavy atom. The summed E-state index contributed by atoms with van der Waals surface area (Å²) in [6, 6.07) is -0.342. The van der Waals surface area contributed by atoms with Crippen molar-refractivity contribution in [1.29, 1.82) is 0 Å². The van der Waals surface area contributed by atoms with Crippen molar-refractivity contribution in [2.24, 2.45) is 11.8 Å². The maximum Gasteiger partial charge on any atom is 0.245 e. The van der Waals surface area contributed by atoms with Crippen molar-refractivity contribution in [3.05, 3.63) is 12.2 Å². The molecule has 4 heteroatoms. The molecule has 100 valence electrons. The van der Waals surface area contributed by atoms with E-state index in [2.05, 4.69) is 17.5 Å². The number of carbonyl (C=O) groups excluding carboxylic acids is 2. The van der Waals surface area contributed by atoms with Crippen LogP contribution in [-0.2, 0) is 9.59 Å². The highest BCUT2D eigenvalue weighted by Gasteiger charge is 2.35. The molecule has 0 aromatic heterocycles. The van der Waals surface area contributed by atoms with E-state index in [-0.39, 0.29) is 30.3 Å². The Morgan fingerprint density at radius 2 is 2.17 bits per heavy atom. The van der Waals surface area contributed by atoms with Crippen LogP contribution in [0.1, 0.15) is 33.1 Å². The van der Waals surface area contributed by atoms with Crippen LogP contribution in [0.15, 0.2) is 12.2 Å². The molecule has 2 atom stereocenters. The summed E-state index contributed by atoms with van der Waals surface area (Å²) in [6.45, 7) is 4.88. The zero-order valence-corrected chi connectivity index (χ0v) is 11.2. The third kappa shape index (κ3) is 2.92. The largest absolute Gasteiger partial charge is 0.343 e. The highest BCUT2D eigenvalue weighted by molar-refractivity contribution is 5.94. The lowest BCUT2D eigenvalue weighted by molar-refractivity contribution is -0.146. The molecule has 1 aliphatic heterocycles. The van der Waals surface area contributed by atoms with Gasteiger partial charge in [-0.2, -0.15) is 0 Å². The molecule has 18 heavy (non-hydrogen) atoms. The smallest absolute Gasteiger partial charge is 0.245 e. The second-order valence-electron chi connectivity index (χ2n) is 5.66. The Labute approximate surface area is 108 Å². The number of piperazine rings is 1. The van der Waals surface area contributed by atoms with Crippen LogP contribution in [0.2, 0.25) is 0 Å². The van der Waals surface area contributed by atoms with Gasteiger partial charge in [-0.1, -0.05) is 26.0 Å². The van der Waals surface area contributed by atoms with Gasteiger partial charge in [0.15, 0.2) is 0 Å². The summed E-state index contributed by atoms with van der Waals surface area (Å²) in [5.41, 5.74) is 0. The van der Waals surface area contributed by atoms with Crippen molar-refractivity contribution >= 4 is 11.8 Å². The molecule has 0 radical (unpaired) electrons. The second-order valence-corrected chi connectivity index (χ2v) is 5.66. The zero-order chi connectivity index (χ0) is 13.1. The normalized spacial score (nSPS) is 28.7. The molecular weight excluding hydrogens is 228 g/mol. The van der Waals surface area contributed by atoms with Crippen LogP contribution in [0.25, 0.3) is 0 Å². The molecule has 1 heterocycles. The number of hydrogen-bond acceptors (Lipinski definition) is 2. The summed E-state index contributed by atoms with van der Waals surface area (Å²) in [7, 11) is 0. The lowest BCUT2D eigenvalue weighted by atomic mass is 9.92. The molecule has 1 fully saturated rings. The van der Waals surface area contributed by atoms with Gasteiger partial charge >= 0.3 is 0 Å². The van der Waals surface area contributed by atoms with Gasteiger partial charge in [0, 0.05) is 6.54 Å². The number of hydrogen-bond donors (Lipinski definition) is 1. The van der Waals surface area contributed by atoms with E-state index in [1.54, 1.807) is 4.90 Å². The van der Waals surface area contributed by atoms with Crippen LogP contribution in [0.4, 0.5) is 0 Å². The molecule has 4 nitrogen and oxygen atoms in total. The van der Waals surface area contributed by atoms with Crippen molar-refractivity contribution in [3.8, 4) is 0 Å². The summed E-state index contributed by atoms with van der Waals surface area (Å²) in [6.07, 6.45) is 7.61. The van der Waals surface area contributed by atoms with Crippen molar-refractivity contribution in [1.82, 2.24) is 10.2 Å². The van der Waals surface area contributed by atoms with E-state index in [1.807, 2.05) is 13.8 Å². The summed E-state index contributed by atoms with van der Waals surface area (Å²) >= 11 is 0. The first-order valence-electron chi connectivity index (χ1n) is 6.81. The average molecular weight is 250 g/mol. The molecule has 0 spiro atoms. The highest BCUT2D eigenvalue weighted by atomic mass is 16.2. The number of nitrogens with one attached hydrogen (secondary N) is 1. The van der Waals surface area contributed by atoms with E-state index in [9.17, 15) is 9.59 Å². The topological polar surface area (TPSA) is 49.4 Å². The number of nitrogens with zero attached hydrogens (tertiary/aromatic N) is 1. The first-order chi connectivity index (χ1) is 8.58. The van der Waals surface area contributed by atoms with Gasteiger partial charge in [-0.15, -0.1) is 0 Å². The van der Waals surface area contributed by atoms with E-state index in [1.165, 1.54) is 0 Å². The molecule has 1 saturated heterocycles. The van der Waals surface area contributed by atoms with E-state index >= 15 is 0 Å². The Kier molecular flexibility index (Phi) is 4.04. The van der Waals surface area contributed by atoms with Gasteiger partial charge < -0.3 is 10.2 Å². The molecule has 2 aliphatic rings. The van der Waals surface area contributed by atoms with Crippen LogP contribution < -0.4 is 5.32 Å². The quantitative estimate of drug-likeness (QED) is 0.768. The van der Waals surface area contributed by atoms with E-state index in [4.69, 9.17) is 0 Å². The fraction of sp³-hybridized carbons (Fsp3) is 0.714. The van der Waals surface area contributed by atoms with Crippen molar-refractivity contribution in [2.75, 3.05) is 13.1 Å². The predicted molar refractivity (Wildman–Crippen MR) is 69.8 cm³/mol. The fourth-order valence-electron chi connectivity index (χ4n) is 2.67. The maximum atomic E-state index is 12.3. The Bertz CT molecular complexity index is 363. The number of rotatable bonds is 3. The van der Waals surface area contributed by atoms with Crippen LogP contribution in [0, 0.1) is 11.8 Å². The van der Waals surface area contributed by atoms with Gasteiger partial charge in [-0.05, 0) is 31.1 Å². The van der Waals surface area contributed by atoms with E-state index in [0.29, 0.717) is 5.92 Å². The third-order valence-corrected chi connectivity index (χ3v) is 3.75. The Hall–Kier alpha value is -1.32. The molecule has 1 N–H and O–H groups in total. The minimum absolute atomic E-state index is 0.0281. The predicted octanol–water partition coefficient (Wildman–Crippen LogP) is 1.33. The summed E-state index contributed by atoms with van der Waals surface area (Å²) in [5.74, 6) is 0.715. The SMILES string of the molecule is CC(C)C1NC(=O)CN(CC2CC=CCC2)C1=O. The molecule has 2 unspecified atom stereocenters. The molecule has 0 saturated carbocycles. The molecule has 1 aliphatic carbocycles. The molecule has 0 bridgehead atoms. The Morgan fingerprint density at radius 1 is 1.39 bits per heavy atom. The molecule has 0 aromatic carbocycles. The lowest BCUT2D eigenvalue weighted by Crippen LogP contribution is -2.60. The van der Waals surface area contributed by atoms with Gasteiger partial charge in [0.1, 0.15) is 6.04 Å². The fourth-order valence-corrected chi connectivity index (χ4v) is 2.67. The van der Waals surface area contributed by atoms with Gasteiger partial charge in [0.25, 0.3) is 0 Å². The molecule has 2 amide bonds. The minimum atomic E-state index is -0.342. The summed E-state index contributed by atoms with van der Waals surface area (Å²) in [4.78, 5) is 25.7. The third-order valence-electron chi connectivity index (χ3n) is 3.75. The van der Waals surface area contributed by atoms with Gasteiger partial charge in [-0.3, -0.25) is 9.59 Å². The molecule has 2 rings (SSSR count). The van der Waals surface area contributed by atoms with Gasteiger partial charge in [0.2, 0.25) is 11.8 Å². The maximum absolute atomic E-state index is 12.3. The average Bonchev–Trinajstić information content (AvgIpc) is 2.34.